The third-order valence-electron chi connectivity index (χ3n) is 6.11. The topological polar surface area (TPSA) is 12.0 Å². The van der Waals surface area contributed by atoms with Crippen LogP contribution in [0.25, 0.3) is 0 Å². The Morgan fingerprint density at radius 1 is 1.12 bits per heavy atom. The summed E-state index contributed by atoms with van der Waals surface area (Å²) < 4.78 is 0. The maximum Gasteiger partial charge on any atom is 0.0175 e. The molecule has 0 aromatic carbocycles. The first-order valence-corrected chi connectivity index (χ1v) is 7.26. The van der Waals surface area contributed by atoms with Crippen LogP contribution in [0, 0.1) is 22.7 Å². The molecule has 16 heavy (non-hydrogen) atoms. The highest BCUT2D eigenvalue weighted by molar-refractivity contribution is 5.12. The second-order valence-corrected chi connectivity index (χ2v) is 7.55. The van der Waals surface area contributed by atoms with Crippen LogP contribution in [0.15, 0.2) is 0 Å². The summed E-state index contributed by atoms with van der Waals surface area (Å²) in [6, 6.07) is 0.777. The molecule has 2 bridgehead atoms. The van der Waals surface area contributed by atoms with E-state index in [9.17, 15) is 0 Å². The Balaban J connectivity index is 1.67. The van der Waals surface area contributed by atoms with Gasteiger partial charge in [-0.3, -0.25) is 0 Å². The fourth-order valence-corrected chi connectivity index (χ4v) is 4.79. The first kappa shape index (κ1) is 11.1. The number of fused-ring (bicyclic) bond motifs is 2. The third-order valence-corrected chi connectivity index (χ3v) is 6.11. The lowest BCUT2D eigenvalue weighted by molar-refractivity contribution is 0.0998. The van der Waals surface area contributed by atoms with Crippen LogP contribution in [0.1, 0.15) is 59.3 Å². The van der Waals surface area contributed by atoms with Crippen molar-refractivity contribution in [1.82, 2.24) is 5.32 Å². The SMILES string of the molecule is CC12CCC(C1)C(C)(C)C2NCC1CCC1. The highest BCUT2D eigenvalue weighted by atomic mass is 15.0. The number of hydrogen-bond acceptors (Lipinski definition) is 1. The molecule has 3 aliphatic carbocycles. The molecule has 3 aliphatic rings. The van der Waals surface area contributed by atoms with Crippen molar-refractivity contribution in [2.75, 3.05) is 6.54 Å². The summed E-state index contributed by atoms with van der Waals surface area (Å²) in [6.07, 6.45) is 8.83. The molecule has 92 valence electrons. The van der Waals surface area contributed by atoms with Crippen molar-refractivity contribution in [2.24, 2.45) is 22.7 Å². The normalized spacial score (nSPS) is 45.9. The van der Waals surface area contributed by atoms with E-state index in [1.165, 1.54) is 45.1 Å². The van der Waals surface area contributed by atoms with Crippen molar-refractivity contribution in [2.45, 2.75) is 65.3 Å². The van der Waals surface area contributed by atoms with Gasteiger partial charge in [-0.25, -0.2) is 0 Å². The predicted molar refractivity (Wildman–Crippen MR) is 68.4 cm³/mol. The summed E-state index contributed by atoms with van der Waals surface area (Å²) >= 11 is 0. The van der Waals surface area contributed by atoms with Gasteiger partial charge in [0.25, 0.3) is 0 Å². The molecule has 0 spiro atoms. The molecule has 3 saturated carbocycles. The zero-order chi connectivity index (χ0) is 11.4. The van der Waals surface area contributed by atoms with E-state index >= 15 is 0 Å². The monoisotopic (exact) mass is 221 g/mol. The van der Waals surface area contributed by atoms with Gasteiger partial charge >= 0.3 is 0 Å². The summed E-state index contributed by atoms with van der Waals surface area (Å²) in [5.41, 5.74) is 1.15. The fourth-order valence-electron chi connectivity index (χ4n) is 4.79. The first-order chi connectivity index (χ1) is 7.52. The molecular formula is C15H27N. The van der Waals surface area contributed by atoms with Gasteiger partial charge in [0.05, 0.1) is 0 Å². The molecule has 0 aliphatic heterocycles. The Kier molecular flexibility index (Phi) is 2.41. The zero-order valence-corrected chi connectivity index (χ0v) is 11.2. The Morgan fingerprint density at radius 2 is 1.88 bits per heavy atom. The molecule has 0 saturated heterocycles. The van der Waals surface area contributed by atoms with Gasteiger partial charge in [-0.15, -0.1) is 0 Å². The molecule has 3 unspecified atom stereocenters. The molecule has 3 rings (SSSR count). The maximum absolute atomic E-state index is 3.95. The molecule has 1 N–H and O–H groups in total. The Bertz CT molecular complexity index is 274. The van der Waals surface area contributed by atoms with Gasteiger partial charge in [0.1, 0.15) is 0 Å². The minimum atomic E-state index is 0.538. The average Bonchev–Trinajstić information content (AvgIpc) is 2.59. The van der Waals surface area contributed by atoms with Gasteiger partial charge in [0.15, 0.2) is 0 Å². The molecule has 0 aromatic heterocycles. The summed E-state index contributed by atoms with van der Waals surface area (Å²) in [5, 5.41) is 3.95. The van der Waals surface area contributed by atoms with E-state index in [1.807, 2.05) is 0 Å². The molecule has 0 heterocycles. The van der Waals surface area contributed by atoms with Crippen LogP contribution in [0.5, 0.6) is 0 Å². The minimum absolute atomic E-state index is 0.538. The molecule has 0 amide bonds. The van der Waals surface area contributed by atoms with Gasteiger partial charge in [-0.2, -0.15) is 0 Å². The van der Waals surface area contributed by atoms with E-state index in [2.05, 4.69) is 26.1 Å². The van der Waals surface area contributed by atoms with Crippen LogP contribution in [-0.2, 0) is 0 Å². The molecule has 3 atom stereocenters. The van der Waals surface area contributed by atoms with Crippen molar-refractivity contribution >= 4 is 0 Å². The smallest absolute Gasteiger partial charge is 0.0175 e. The van der Waals surface area contributed by atoms with E-state index in [-0.39, 0.29) is 0 Å². The molecule has 3 fully saturated rings. The highest BCUT2D eigenvalue weighted by Gasteiger charge is 2.58. The lowest BCUT2D eigenvalue weighted by Crippen LogP contribution is -2.51. The van der Waals surface area contributed by atoms with Crippen molar-refractivity contribution in [1.29, 1.82) is 0 Å². The third kappa shape index (κ3) is 1.47. The van der Waals surface area contributed by atoms with Gasteiger partial charge in [-0.1, -0.05) is 27.2 Å². The number of hydrogen-bond donors (Lipinski definition) is 1. The molecule has 0 radical (unpaired) electrons. The van der Waals surface area contributed by atoms with E-state index in [0.29, 0.717) is 10.8 Å². The Hall–Kier alpha value is -0.0400. The summed E-state index contributed by atoms with van der Waals surface area (Å²) in [4.78, 5) is 0. The summed E-state index contributed by atoms with van der Waals surface area (Å²) in [6.45, 7) is 8.82. The highest BCUT2D eigenvalue weighted by Crippen LogP contribution is 2.62. The standard InChI is InChI=1S/C15H27N/c1-14(2)12-7-8-15(3,9-12)13(14)16-10-11-5-4-6-11/h11-13,16H,4-10H2,1-3H3. The van der Waals surface area contributed by atoms with Gasteiger partial charge < -0.3 is 5.32 Å². The molecule has 1 heteroatoms. The Labute approximate surface area is 100 Å². The minimum Gasteiger partial charge on any atom is -0.313 e. The van der Waals surface area contributed by atoms with E-state index in [0.717, 1.165) is 17.9 Å². The summed E-state index contributed by atoms with van der Waals surface area (Å²) in [5.74, 6) is 1.98. The van der Waals surface area contributed by atoms with Crippen LogP contribution in [0.2, 0.25) is 0 Å². The average molecular weight is 221 g/mol. The van der Waals surface area contributed by atoms with Gasteiger partial charge in [0.2, 0.25) is 0 Å². The number of rotatable bonds is 3. The quantitative estimate of drug-likeness (QED) is 0.768. The second-order valence-electron chi connectivity index (χ2n) is 7.55. The second kappa shape index (κ2) is 3.48. The van der Waals surface area contributed by atoms with Crippen molar-refractivity contribution in [3.8, 4) is 0 Å². The van der Waals surface area contributed by atoms with Crippen molar-refractivity contribution in [3.63, 3.8) is 0 Å². The number of nitrogens with one attached hydrogen (secondary N) is 1. The summed E-state index contributed by atoms with van der Waals surface area (Å²) in [7, 11) is 0. The van der Waals surface area contributed by atoms with Crippen LogP contribution in [0.3, 0.4) is 0 Å². The Morgan fingerprint density at radius 3 is 2.38 bits per heavy atom. The van der Waals surface area contributed by atoms with E-state index < -0.39 is 0 Å². The predicted octanol–water partition coefficient (Wildman–Crippen LogP) is 3.59. The molecule has 1 nitrogen and oxygen atoms in total. The molecule has 0 aromatic rings. The zero-order valence-electron chi connectivity index (χ0n) is 11.2. The maximum atomic E-state index is 3.95. The van der Waals surface area contributed by atoms with Crippen LogP contribution in [0.4, 0.5) is 0 Å². The van der Waals surface area contributed by atoms with Gasteiger partial charge in [0, 0.05) is 6.04 Å². The van der Waals surface area contributed by atoms with Gasteiger partial charge in [-0.05, 0) is 61.3 Å². The van der Waals surface area contributed by atoms with Crippen molar-refractivity contribution in [3.05, 3.63) is 0 Å². The van der Waals surface area contributed by atoms with Crippen molar-refractivity contribution < 1.29 is 0 Å². The van der Waals surface area contributed by atoms with E-state index in [1.54, 1.807) is 0 Å². The van der Waals surface area contributed by atoms with Crippen LogP contribution < -0.4 is 5.32 Å². The van der Waals surface area contributed by atoms with Crippen LogP contribution in [-0.4, -0.2) is 12.6 Å². The largest absolute Gasteiger partial charge is 0.313 e. The fraction of sp³-hybridized carbons (Fsp3) is 1.00. The molecular weight excluding hydrogens is 194 g/mol. The van der Waals surface area contributed by atoms with Crippen LogP contribution >= 0.6 is 0 Å². The lowest BCUT2D eigenvalue weighted by atomic mass is 9.68. The first-order valence-electron chi connectivity index (χ1n) is 7.26. The lowest BCUT2D eigenvalue weighted by Gasteiger charge is -2.44. The van der Waals surface area contributed by atoms with E-state index in [4.69, 9.17) is 0 Å².